The number of rotatable bonds is 7. The zero-order chi connectivity index (χ0) is 20.9. The van der Waals surface area contributed by atoms with E-state index in [1.807, 2.05) is 55.8 Å². The second kappa shape index (κ2) is 10.6. The van der Waals surface area contributed by atoms with Crippen molar-refractivity contribution in [1.29, 1.82) is 0 Å². The molecular weight excluding hydrogens is 493 g/mol. The van der Waals surface area contributed by atoms with Gasteiger partial charge in [0.1, 0.15) is 17.1 Å². The van der Waals surface area contributed by atoms with Crippen LogP contribution in [-0.2, 0) is 12.1 Å². The van der Waals surface area contributed by atoms with Crippen molar-refractivity contribution in [2.45, 2.75) is 39.8 Å². The summed E-state index contributed by atoms with van der Waals surface area (Å²) in [5, 5.41) is 17.4. The Balaban J connectivity index is 0.00000320. The third-order valence-electron chi connectivity index (χ3n) is 4.75. The van der Waals surface area contributed by atoms with Gasteiger partial charge in [0.15, 0.2) is 5.96 Å². The fraction of sp³-hybridized carbons (Fsp3) is 0.364. The van der Waals surface area contributed by atoms with E-state index in [9.17, 15) is 5.11 Å². The third kappa shape index (κ3) is 5.85. The van der Waals surface area contributed by atoms with Crippen LogP contribution in [0, 0.1) is 13.8 Å². The van der Waals surface area contributed by atoms with Crippen LogP contribution in [0.4, 0.5) is 0 Å². The maximum atomic E-state index is 10.9. The second-order valence-corrected chi connectivity index (χ2v) is 7.25. The predicted molar refractivity (Wildman–Crippen MR) is 130 cm³/mol. The number of nitrogens with zero attached hydrogens (tertiary/aromatic N) is 3. The number of imidazole rings is 1. The van der Waals surface area contributed by atoms with Crippen LogP contribution in [-0.4, -0.2) is 33.7 Å². The van der Waals surface area contributed by atoms with E-state index < -0.39 is 5.60 Å². The Morgan fingerprint density at radius 3 is 2.67 bits per heavy atom. The highest BCUT2D eigenvalue weighted by molar-refractivity contribution is 14.0. The van der Waals surface area contributed by atoms with Gasteiger partial charge in [0.05, 0.1) is 25.1 Å². The molecule has 0 aliphatic carbocycles. The molecule has 8 heteroatoms. The van der Waals surface area contributed by atoms with Crippen molar-refractivity contribution in [2.24, 2.45) is 4.99 Å². The summed E-state index contributed by atoms with van der Waals surface area (Å²) in [6.07, 6.45) is 5.45. The third-order valence-corrected chi connectivity index (χ3v) is 4.75. The molecule has 1 aromatic carbocycles. The van der Waals surface area contributed by atoms with Gasteiger partial charge in [-0.3, -0.25) is 0 Å². The number of para-hydroxylation sites is 1. The number of nitrogens with one attached hydrogen (secondary N) is 2. The second-order valence-electron chi connectivity index (χ2n) is 7.25. The SMILES string of the molecule is CCNC(=NCc1ccccc1-n1ccnc1)NCC(C)(O)c1cc(C)oc1C.I. The van der Waals surface area contributed by atoms with E-state index >= 15 is 0 Å². The fourth-order valence-electron chi connectivity index (χ4n) is 3.32. The summed E-state index contributed by atoms with van der Waals surface area (Å²) < 4.78 is 7.54. The molecule has 0 radical (unpaired) electrons. The Morgan fingerprint density at radius 1 is 1.27 bits per heavy atom. The number of guanidine groups is 1. The minimum atomic E-state index is -1.08. The van der Waals surface area contributed by atoms with E-state index in [1.54, 1.807) is 19.4 Å². The van der Waals surface area contributed by atoms with Crippen LogP contribution in [0.1, 0.15) is 36.5 Å². The summed E-state index contributed by atoms with van der Waals surface area (Å²) in [5.41, 5.74) is 1.83. The van der Waals surface area contributed by atoms with E-state index in [4.69, 9.17) is 9.41 Å². The lowest BCUT2D eigenvalue weighted by atomic mass is 9.96. The van der Waals surface area contributed by atoms with E-state index in [1.165, 1.54) is 0 Å². The number of hydrogen-bond acceptors (Lipinski definition) is 4. The van der Waals surface area contributed by atoms with Gasteiger partial charge in [-0.25, -0.2) is 9.98 Å². The molecule has 2 heterocycles. The van der Waals surface area contributed by atoms with Crippen molar-refractivity contribution in [1.82, 2.24) is 20.2 Å². The van der Waals surface area contributed by atoms with Gasteiger partial charge in [0.2, 0.25) is 0 Å². The van der Waals surface area contributed by atoms with Crippen LogP contribution < -0.4 is 10.6 Å². The minimum Gasteiger partial charge on any atom is -0.466 e. The topological polar surface area (TPSA) is 87.6 Å². The molecule has 0 aliphatic rings. The van der Waals surface area contributed by atoms with Gasteiger partial charge in [0, 0.05) is 24.5 Å². The summed E-state index contributed by atoms with van der Waals surface area (Å²) >= 11 is 0. The molecule has 3 aromatic rings. The van der Waals surface area contributed by atoms with Gasteiger partial charge in [-0.05, 0) is 45.4 Å². The molecule has 0 aliphatic heterocycles. The summed E-state index contributed by atoms with van der Waals surface area (Å²) in [5.74, 6) is 2.16. The minimum absolute atomic E-state index is 0. The van der Waals surface area contributed by atoms with Gasteiger partial charge in [-0.2, -0.15) is 0 Å². The molecule has 3 N–H and O–H groups in total. The van der Waals surface area contributed by atoms with Crippen LogP contribution >= 0.6 is 24.0 Å². The van der Waals surface area contributed by atoms with Gasteiger partial charge >= 0.3 is 0 Å². The van der Waals surface area contributed by atoms with Crippen LogP contribution in [0.3, 0.4) is 0 Å². The molecule has 0 bridgehead atoms. The largest absolute Gasteiger partial charge is 0.466 e. The van der Waals surface area contributed by atoms with Crippen molar-refractivity contribution >= 4 is 29.9 Å². The first-order chi connectivity index (χ1) is 13.9. The molecule has 0 fully saturated rings. The molecule has 3 rings (SSSR count). The van der Waals surface area contributed by atoms with Gasteiger partial charge < -0.3 is 24.7 Å². The smallest absolute Gasteiger partial charge is 0.191 e. The van der Waals surface area contributed by atoms with Gasteiger partial charge in [0.25, 0.3) is 0 Å². The number of benzene rings is 1. The zero-order valence-corrected chi connectivity index (χ0v) is 20.2. The quantitative estimate of drug-likeness (QED) is 0.250. The van der Waals surface area contributed by atoms with Crippen molar-refractivity contribution in [2.75, 3.05) is 13.1 Å². The number of aromatic nitrogens is 2. The molecule has 30 heavy (non-hydrogen) atoms. The normalized spacial score (nSPS) is 13.4. The van der Waals surface area contributed by atoms with Crippen LogP contribution in [0.15, 0.2) is 58.5 Å². The fourth-order valence-corrected chi connectivity index (χ4v) is 3.32. The number of halogens is 1. The average molecular weight is 523 g/mol. The predicted octanol–water partition coefficient (Wildman–Crippen LogP) is 3.66. The Kier molecular flexibility index (Phi) is 8.48. The number of aliphatic hydroxyl groups is 1. The number of furan rings is 1. The Morgan fingerprint density at radius 2 is 2.03 bits per heavy atom. The van der Waals surface area contributed by atoms with E-state index in [-0.39, 0.29) is 24.0 Å². The van der Waals surface area contributed by atoms with E-state index in [0.29, 0.717) is 19.0 Å². The highest BCUT2D eigenvalue weighted by atomic mass is 127. The zero-order valence-electron chi connectivity index (χ0n) is 17.8. The standard InChI is InChI=1S/C22H29N5O2.HI/c1-5-24-21(26-14-22(4,28)19-12-16(2)29-17(19)3)25-13-18-8-6-7-9-20(18)27-11-10-23-15-27;/h6-12,15,28H,5,13-14H2,1-4H3,(H2,24,25,26);1H. The summed E-state index contributed by atoms with van der Waals surface area (Å²) in [4.78, 5) is 8.83. The summed E-state index contributed by atoms with van der Waals surface area (Å²) in [6.45, 7) is 9.05. The molecule has 0 amide bonds. The summed E-state index contributed by atoms with van der Waals surface area (Å²) in [6, 6.07) is 9.97. The maximum absolute atomic E-state index is 10.9. The van der Waals surface area contributed by atoms with Crippen molar-refractivity contribution < 1.29 is 9.52 Å². The highest BCUT2D eigenvalue weighted by Crippen LogP contribution is 2.26. The van der Waals surface area contributed by atoms with E-state index in [2.05, 4.69) is 21.7 Å². The van der Waals surface area contributed by atoms with Crippen molar-refractivity contribution in [3.63, 3.8) is 0 Å². The molecule has 7 nitrogen and oxygen atoms in total. The first-order valence-electron chi connectivity index (χ1n) is 9.79. The number of aryl methyl sites for hydroxylation is 2. The molecular formula is C22H30IN5O2. The van der Waals surface area contributed by atoms with Crippen LogP contribution in [0.2, 0.25) is 0 Å². The van der Waals surface area contributed by atoms with Gasteiger partial charge in [-0.1, -0.05) is 18.2 Å². The van der Waals surface area contributed by atoms with Crippen LogP contribution in [0.25, 0.3) is 5.69 Å². The van der Waals surface area contributed by atoms with Gasteiger partial charge in [-0.15, -0.1) is 24.0 Å². The molecule has 1 unspecified atom stereocenters. The lowest BCUT2D eigenvalue weighted by Gasteiger charge is -2.24. The highest BCUT2D eigenvalue weighted by Gasteiger charge is 2.27. The van der Waals surface area contributed by atoms with E-state index in [0.717, 1.165) is 34.9 Å². The Hall–Kier alpha value is -2.33. The van der Waals surface area contributed by atoms with Crippen molar-refractivity contribution in [3.05, 3.63) is 71.7 Å². The molecule has 0 saturated carbocycles. The monoisotopic (exact) mass is 523 g/mol. The number of aliphatic imine (C=N–C) groups is 1. The molecule has 2 aromatic heterocycles. The lowest BCUT2D eigenvalue weighted by molar-refractivity contribution is 0.0601. The van der Waals surface area contributed by atoms with Crippen molar-refractivity contribution in [3.8, 4) is 5.69 Å². The lowest BCUT2D eigenvalue weighted by Crippen LogP contribution is -2.44. The Bertz CT molecular complexity index is 964. The average Bonchev–Trinajstić information content (AvgIpc) is 3.34. The van der Waals surface area contributed by atoms with Crippen LogP contribution in [0.5, 0.6) is 0 Å². The molecule has 162 valence electrons. The number of hydrogen-bond donors (Lipinski definition) is 3. The molecule has 0 saturated heterocycles. The molecule has 0 spiro atoms. The first-order valence-corrected chi connectivity index (χ1v) is 9.79. The summed E-state index contributed by atoms with van der Waals surface area (Å²) in [7, 11) is 0. The maximum Gasteiger partial charge on any atom is 0.191 e. The molecule has 1 atom stereocenters. The Labute approximate surface area is 194 Å². The first kappa shape index (κ1) is 23.9.